The van der Waals surface area contributed by atoms with E-state index in [1.807, 2.05) is 80.7 Å². The van der Waals surface area contributed by atoms with E-state index in [4.69, 9.17) is 25.8 Å². The van der Waals surface area contributed by atoms with Crippen molar-refractivity contribution in [3.8, 4) is 28.4 Å². The van der Waals surface area contributed by atoms with Crippen LogP contribution in [0.1, 0.15) is 19.4 Å². The van der Waals surface area contributed by atoms with Crippen LogP contribution in [0, 0.1) is 0 Å². The molecule has 1 amide bonds. The van der Waals surface area contributed by atoms with E-state index in [2.05, 4.69) is 4.57 Å². The molecule has 0 saturated heterocycles. The van der Waals surface area contributed by atoms with Crippen molar-refractivity contribution >= 4 is 28.6 Å². The highest BCUT2D eigenvalue weighted by Crippen LogP contribution is 2.41. The Labute approximate surface area is 210 Å². The zero-order chi connectivity index (χ0) is 24.9. The van der Waals surface area contributed by atoms with Gasteiger partial charge in [0.1, 0.15) is 5.75 Å². The molecule has 6 nitrogen and oxygen atoms in total. The first-order valence-electron chi connectivity index (χ1n) is 11.5. The molecule has 0 saturated carbocycles. The molecule has 3 aromatic carbocycles. The average Bonchev–Trinajstić information content (AvgIpc) is 3.28. The van der Waals surface area contributed by atoms with Gasteiger partial charge in [-0.15, -0.1) is 0 Å². The van der Waals surface area contributed by atoms with Crippen molar-refractivity contribution in [2.75, 3.05) is 27.3 Å². The van der Waals surface area contributed by atoms with Crippen molar-refractivity contribution in [3.05, 3.63) is 77.4 Å². The van der Waals surface area contributed by atoms with Crippen LogP contribution in [0.15, 0.2) is 66.9 Å². The number of methoxy groups -OCH3 is 2. The molecular weight excluding hydrogens is 464 g/mol. The van der Waals surface area contributed by atoms with Gasteiger partial charge >= 0.3 is 6.09 Å². The lowest BCUT2D eigenvalue weighted by Gasteiger charge is -2.20. The summed E-state index contributed by atoms with van der Waals surface area (Å²) in [5, 5.41) is 1.67. The van der Waals surface area contributed by atoms with Gasteiger partial charge < -0.3 is 23.7 Å². The van der Waals surface area contributed by atoms with Crippen LogP contribution >= 0.6 is 11.6 Å². The Bertz CT molecular complexity index is 1340. The monoisotopic (exact) mass is 492 g/mol. The maximum Gasteiger partial charge on any atom is 0.415 e. The molecule has 7 heteroatoms. The first-order chi connectivity index (χ1) is 17.0. The van der Waals surface area contributed by atoms with Crippen LogP contribution in [-0.4, -0.2) is 42.9 Å². The van der Waals surface area contributed by atoms with Gasteiger partial charge in [-0.2, -0.15) is 0 Å². The Balaban J connectivity index is 1.86. The maximum absolute atomic E-state index is 12.8. The van der Waals surface area contributed by atoms with E-state index in [0.29, 0.717) is 36.9 Å². The van der Waals surface area contributed by atoms with Gasteiger partial charge in [-0.3, -0.25) is 0 Å². The summed E-state index contributed by atoms with van der Waals surface area (Å²) < 4.78 is 19.0. The third-order valence-electron chi connectivity index (χ3n) is 6.10. The highest BCUT2D eigenvalue weighted by Gasteiger charge is 2.20. The van der Waals surface area contributed by atoms with Crippen molar-refractivity contribution in [2.24, 2.45) is 0 Å². The van der Waals surface area contributed by atoms with E-state index in [1.165, 1.54) is 0 Å². The third kappa shape index (κ3) is 4.93. The van der Waals surface area contributed by atoms with Gasteiger partial charge in [-0.1, -0.05) is 35.9 Å². The number of aromatic nitrogens is 1. The molecular formula is C28H29ClN2O4. The number of halogens is 1. The lowest BCUT2D eigenvalue weighted by molar-refractivity contribution is 0.157. The zero-order valence-corrected chi connectivity index (χ0v) is 21.1. The third-order valence-corrected chi connectivity index (χ3v) is 6.47. The molecule has 35 heavy (non-hydrogen) atoms. The molecule has 0 fully saturated rings. The number of ether oxygens (including phenoxy) is 3. The lowest BCUT2D eigenvalue weighted by atomic mass is 10.00. The Hall–Kier alpha value is -3.64. The number of nitrogens with zero attached hydrogens (tertiary/aromatic N) is 2. The van der Waals surface area contributed by atoms with Gasteiger partial charge in [0.05, 0.1) is 14.2 Å². The van der Waals surface area contributed by atoms with Crippen LogP contribution in [0.3, 0.4) is 0 Å². The first kappa shape index (κ1) is 24.5. The second-order valence-electron chi connectivity index (χ2n) is 8.02. The number of amides is 1. The maximum atomic E-state index is 12.8. The Kier molecular flexibility index (Phi) is 7.51. The van der Waals surface area contributed by atoms with Gasteiger partial charge in [0.15, 0.2) is 11.5 Å². The van der Waals surface area contributed by atoms with E-state index in [-0.39, 0.29) is 6.09 Å². The molecule has 1 heterocycles. The Morgan fingerprint density at radius 1 is 0.914 bits per heavy atom. The summed E-state index contributed by atoms with van der Waals surface area (Å²) >= 11 is 6.42. The summed E-state index contributed by atoms with van der Waals surface area (Å²) in [7, 11) is 3.20. The largest absolute Gasteiger partial charge is 0.493 e. The molecule has 0 N–H and O–H groups in total. The predicted molar refractivity (Wildman–Crippen MR) is 140 cm³/mol. The van der Waals surface area contributed by atoms with Gasteiger partial charge in [-0.25, -0.2) is 4.79 Å². The highest BCUT2D eigenvalue weighted by atomic mass is 35.5. The van der Waals surface area contributed by atoms with Gasteiger partial charge in [0.2, 0.25) is 0 Å². The van der Waals surface area contributed by atoms with Crippen LogP contribution in [0.25, 0.3) is 22.0 Å². The van der Waals surface area contributed by atoms with Gasteiger partial charge in [0, 0.05) is 47.3 Å². The van der Waals surface area contributed by atoms with Crippen LogP contribution < -0.4 is 14.2 Å². The minimum Gasteiger partial charge on any atom is -0.493 e. The van der Waals surface area contributed by atoms with E-state index < -0.39 is 0 Å². The molecule has 0 aliphatic rings. The molecule has 0 aliphatic carbocycles. The topological polar surface area (TPSA) is 52.9 Å². The summed E-state index contributed by atoms with van der Waals surface area (Å²) in [6, 6.07) is 19.4. The molecule has 4 aromatic rings. The number of carbonyl (C=O) groups excluding carboxylic acids is 1. The quantitative estimate of drug-likeness (QED) is 0.269. The summed E-state index contributed by atoms with van der Waals surface area (Å²) in [5.74, 6) is 1.71. The Morgan fingerprint density at radius 2 is 1.63 bits per heavy atom. The zero-order valence-electron chi connectivity index (χ0n) is 20.4. The number of hydrogen-bond acceptors (Lipinski definition) is 4. The molecule has 0 aliphatic heterocycles. The Morgan fingerprint density at radius 3 is 2.31 bits per heavy atom. The van der Waals surface area contributed by atoms with Crippen molar-refractivity contribution in [3.63, 3.8) is 0 Å². The molecule has 1 aromatic heterocycles. The SMILES string of the molecule is CCN(CC)C(=O)Oc1ccc2c(ccn2Cc2ccccc2Cl)c1-c1ccc(OC)c(OC)c1. The lowest BCUT2D eigenvalue weighted by Crippen LogP contribution is -2.33. The van der Waals surface area contributed by atoms with E-state index in [0.717, 1.165) is 32.6 Å². The van der Waals surface area contributed by atoms with Gasteiger partial charge in [0.25, 0.3) is 0 Å². The fraction of sp³-hybridized carbons (Fsp3) is 0.250. The number of hydrogen-bond donors (Lipinski definition) is 0. The highest BCUT2D eigenvalue weighted by molar-refractivity contribution is 6.31. The van der Waals surface area contributed by atoms with Crippen molar-refractivity contribution in [2.45, 2.75) is 20.4 Å². The standard InChI is InChI=1S/C28H29ClN2O4/c1-5-30(6-2)28(32)35-25-14-12-23-21(15-16-31(23)18-20-9-7-8-10-22(20)29)27(25)19-11-13-24(33-3)26(17-19)34-4/h7-17H,5-6,18H2,1-4H3. The number of rotatable bonds is 8. The molecule has 0 atom stereocenters. The number of carbonyl (C=O) groups is 1. The van der Waals surface area contributed by atoms with Crippen LogP contribution in [0.4, 0.5) is 4.79 Å². The second-order valence-corrected chi connectivity index (χ2v) is 8.42. The molecule has 4 rings (SSSR count). The van der Waals surface area contributed by atoms with Crippen LogP contribution in [0.2, 0.25) is 5.02 Å². The van der Waals surface area contributed by atoms with Crippen LogP contribution in [0.5, 0.6) is 17.2 Å². The average molecular weight is 493 g/mol. The predicted octanol–water partition coefficient (Wildman–Crippen LogP) is 6.87. The normalized spacial score (nSPS) is 10.9. The minimum atomic E-state index is -0.383. The van der Waals surface area contributed by atoms with E-state index in [1.54, 1.807) is 19.1 Å². The molecule has 182 valence electrons. The van der Waals surface area contributed by atoms with Gasteiger partial charge in [-0.05, 0) is 61.4 Å². The van der Waals surface area contributed by atoms with E-state index in [9.17, 15) is 4.79 Å². The number of benzene rings is 3. The fourth-order valence-corrected chi connectivity index (χ4v) is 4.41. The minimum absolute atomic E-state index is 0.383. The summed E-state index contributed by atoms with van der Waals surface area (Å²) in [6.07, 6.45) is 1.64. The molecule has 0 spiro atoms. The van der Waals surface area contributed by atoms with Crippen LogP contribution in [-0.2, 0) is 6.54 Å². The first-order valence-corrected chi connectivity index (χ1v) is 11.9. The van der Waals surface area contributed by atoms with Crippen molar-refractivity contribution in [1.29, 1.82) is 0 Å². The molecule has 0 bridgehead atoms. The smallest absolute Gasteiger partial charge is 0.415 e. The number of fused-ring (bicyclic) bond motifs is 1. The fourth-order valence-electron chi connectivity index (χ4n) is 4.22. The molecule has 0 radical (unpaired) electrons. The van der Waals surface area contributed by atoms with E-state index >= 15 is 0 Å². The summed E-state index contributed by atoms with van der Waals surface area (Å²) in [4.78, 5) is 14.5. The summed E-state index contributed by atoms with van der Waals surface area (Å²) in [6.45, 7) is 5.61. The van der Waals surface area contributed by atoms with Crippen molar-refractivity contribution in [1.82, 2.24) is 9.47 Å². The summed E-state index contributed by atoms with van der Waals surface area (Å²) in [5.41, 5.74) is 3.68. The second kappa shape index (κ2) is 10.7. The molecule has 0 unspecified atom stereocenters. The van der Waals surface area contributed by atoms with Crippen molar-refractivity contribution < 1.29 is 19.0 Å².